The van der Waals surface area contributed by atoms with Crippen LogP contribution in [0.1, 0.15) is 154 Å². The largest absolute Gasteiger partial charge is 0.356 e. The van der Waals surface area contributed by atoms with Crippen molar-refractivity contribution in [2.75, 3.05) is 6.54 Å². The molecule has 0 aromatic heterocycles. The molecule has 34 heavy (non-hydrogen) atoms. The van der Waals surface area contributed by atoms with Crippen LogP contribution in [0.2, 0.25) is 0 Å². The maximum absolute atomic E-state index is 11.9. The van der Waals surface area contributed by atoms with Crippen LogP contribution in [0.3, 0.4) is 0 Å². The van der Waals surface area contributed by atoms with Gasteiger partial charge in [-0.05, 0) is 18.4 Å². The molecule has 1 rings (SSSR count). The first-order valence-electron chi connectivity index (χ1n) is 15.1. The van der Waals surface area contributed by atoms with E-state index in [9.17, 15) is 4.79 Å². The van der Waals surface area contributed by atoms with Gasteiger partial charge in [-0.3, -0.25) is 4.79 Å². The predicted molar refractivity (Wildman–Crippen MR) is 150 cm³/mol. The molecule has 0 unspecified atom stereocenters. The van der Waals surface area contributed by atoms with Gasteiger partial charge in [-0.1, -0.05) is 166 Å². The van der Waals surface area contributed by atoms with Gasteiger partial charge in [0.15, 0.2) is 0 Å². The second-order valence-corrected chi connectivity index (χ2v) is 10.4. The number of hydrogen-bond acceptors (Lipinski definition) is 1. The van der Waals surface area contributed by atoms with E-state index in [-0.39, 0.29) is 5.91 Å². The smallest absolute Gasteiger partial charge is 0.220 e. The lowest BCUT2D eigenvalue weighted by Crippen LogP contribution is -2.25. The highest BCUT2D eigenvalue weighted by Crippen LogP contribution is 2.15. The van der Waals surface area contributed by atoms with Crippen LogP contribution in [0.15, 0.2) is 30.3 Å². The van der Waals surface area contributed by atoms with Crippen LogP contribution in [0, 0.1) is 0 Å². The Morgan fingerprint density at radius 3 is 1.35 bits per heavy atom. The van der Waals surface area contributed by atoms with E-state index in [1.165, 1.54) is 134 Å². The van der Waals surface area contributed by atoms with Gasteiger partial charge in [-0.2, -0.15) is 0 Å². The molecule has 1 aromatic rings. The molecule has 0 aliphatic rings. The standard InChI is InChI=1S/C32H57NO/c1-2-3-4-5-6-7-8-9-10-11-12-13-14-15-16-17-18-19-20-21-25-28-32(34)33-30-29-31-26-23-22-24-27-31/h22-24,26-27H,2-21,25,28-30H2,1H3,(H,33,34). The van der Waals surface area contributed by atoms with Gasteiger partial charge >= 0.3 is 0 Å². The third-order valence-electron chi connectivity index (χ3n) is 7.09. The molecule has 0 spiro atoms. The molecular weight excluding hydrogens is 414 g/mol. The summed E-state index contributed by atoms with van der Waals surface area (Å²) >= 11 is 0. The molecule has 0 aliphatic heterocycles. The van der Waals surface area contributed by atoms with Crippen molar-refractivity contribution in [2.45, 2.75) is 155 Å². The molecule has 1 amide bonds. The van der Waals surface area contributed by atoms with Gasteiger partial charge in [0.25, 0.3) is 0 Å². The number of benzene rings is 1. The highest BCUT2D eigenvalue weighted by Gasteiger charge is 2.01. The number of carbonyl (C=O) groups is 1. The molecule has 1 N–H and O–H groups in total. The molecular formula is C32H57NO. The van der Waals surface area contributed by atoms with E-state index in [1.54, 1.807) is 0 Å². The number of amides is 1. The van der Waals surface area contributed by atoms with Crippen LogP contribution in [0.4, 0.5) is 0 Å². The minimum Gasteiger partial charge on any atom is -0.356 e. The summed E-state index contributed by atoms with van der Waals surface area (Å²) in [6.07, 6.45) is 30.9. The lowest BCUT2D eigenvalue weighted by Gasteiger charge is -2.06. The fraction of sp³-hybridized carbons (Fsp3) is 0.781. The third-order valence-corrected chi connectivity index (χ3v) is 7.09. The lowest BCUT2D eigenvalue weighted by atomic mass is 10.0. The van der Waals surface area contributed by atoms with Gasteiger partial charge in [0.1, 0.15) is 0 Å². The van der Waals surface area contributed by atoms with Crippen molar-refractivity contribution in [3.8, 4) is 0 Å². The molecule has 0 saturated heterocycles. The zero-order chi connectivity index (χ0) is 24.4. The zero-order valence-corrected chi connectivity index (χ0v) is 22.8. The molecule has 0 heterocycles. The molecule has 0 saturated carbocycles. The maximum atomic E-state index is 11.9. The highest BCUT2D eigenvalue weighted by atomic mass is 16.1. The molecule has 0 atom stereocenters. The van der Waals surface area contributed by atoms with Crippen molar-refractivity contribution in [3.05, 3.63) is 35.9 Å². The number of unbranched alkanes of at least 4 members (excludes halogenated alkanes) is 20. The van der Waals surface area contributed by atoms with Crippen molar-refractivity contribution < 1.29 is 4.79 Å². The summed E-state index contributed by atoms with van der Waals surface area (Å²) in [5, 5.41) is 3.05. The Morgan fingerprint density at radius 2 is 0.941 bits per heavy atom. The molecule has 2 heteroatoms. The fourth-order valence-corrected chi connectivity index (χ4v) is 4.80. The van der Waals surface area contributed by atoms with E-state index in [0.717, 1.165) is 19.4 Å². The fourth-order valence-electron chi connectivity index (χ4n) is 4.80. The monoisotopic (exact) mass is 471 g/mol. The Morgan fingerprint density at radius 1 is 0.559 bits per heavy atom. The van der Waals surface area contributed by atoms with Crippen LogP contribution in [-0.4, -0.2) is 12.5 Å². The van der Waals surface area contributed by atoms with E-state index < -0.39 is 0 Å². The van der Waals surface area contributed by atoms with Crippen LogP contribution in [0.25, 0.3) is 0 Å². The van der Waals surface area contributed by atoms with Crippen molar-refractivity contribution >= 4 is 5.91 Å². The van der Waals surface area contributed by atoms with Crippen LogP contribution in [0.5, 0.6) is 0 Å². The summed E-state index contributed by atoms with van der Waals surface area (Å²) < 4.78 is 0. The second kappa shape index (κ2) is 24.8. The summed E-state index contributed by atoms with van der Waals surface area (Å²) in [6, 6.07) is 10.4. The Bertz CT molecular complexity index is 541. The van der Waals surface area contributed by atoms with Gasteiger partial charge in [-0.25, -0.2) is 0 Å². The number of rotatable bonds is 25. The van der Waals surface area contributed by atoms with E-state index in [4.69, 9.17) is 0 Å². The summed E-state index contributed by atoms with van der Waals surface area (Å²) in [5.74, 6) is 0.216. The third kappa shape index (κ3) is 21.2. The molecule has 0 bridgehead atoms. The second-order valence-electron chi connectivity index (χ2n) is 10.4. The van der Waals surface area contributed by atoms with Gasteiger partial charge in [0.05, 0.1) is 0 Å². The van der Waals surface area contributed by atoms with Crippen molar-refractivity contribution in [1.29, 1.82) is 0 Å². The van der Waals surface area contributed by atoms with E-state index in [1.807, 2.05) is 6.07 Å². The van der Waals surface area contributed by atoms with Crippen LogP contribution >= 0.6 is 0 Å². The molecule has 0 fully saturated rings. The topological polar surface area (TPSA) is 29.1 Å². The molecule has 0 aliphatic carbocycles. The molecule has 0 radical (unpaired) electrons. The molecule has 1 aromatic carbocycles. The van der Waals surface area contributed by atoms with E-state index in [2.05, 4.69) is 36.5 Å². The Hall–Kier alpha value is -1.31. The molecule has 2 nitrogen and oxygen atoms in total. The van der Waals surface area contributed by atoms with Gasteiger partial charge in [-0.15, -0.1) is 0 Å². The summed E-state index contributed by atoms with van der Waals surface area (Å²) in [6.45, 7) is 3.05. The normalized spacial score (nSPS) is 11.1. The zero-order valence-electron chi connectivity index (χ0n) is 22.8. The van der Waals surface area contributed by atoms with Crippen LogP contribution in [-0.2, 0) is 11.2 Å². The highest BCUT2D eigenvalue weighted by molar-refractivity contribution is 5.75. The number of carbonyl (C=O) groups excluding carboxylic acids is 1. The number of hydrogen-bond donors (Lipinski definition) is 1. The molecule has 196 valence electrons. The average molecular weight is 472 g/mol. The quantitative estimate of drug-likeness (QED) is 0.141. The first-order chi connectivity index (χ1) is 16.8. The van der Waals surface area contributed by atoms with Crippen molar-refractivity contribution in [1.82, 2.24) is 5.32 Å². The minimum absolute atomic E-state index is 0.216. The van der Waals surface area contributed by atoms with E-state index in [0.29, 0.717) is 6.42 Å². The Balaban J connectivity index is 1.70. The van der Waals surface area contributed by atoms with E-state index >= 15 is 0 Å². The summed E-state index contributed by atoms with van der Waals surface area (Å²) in [7, 11) is 0. The van der Waals surface area contributed by atoms with Crippen molar-refractivity contribution in [3.63, 3.8) is 0 Å². The summed E-state index contributed by atoms with van der Waals surface area (Å²) in [5.41, 5.74) is 1.29. The van der Waals surface area contributed by atoms with Gasteiger partial charge in [0, 0.05) is 13.0 Å². The average Bonchev–Trinajstić information content (AvgIpc) is 2.85. The maximum Gasteiger partial charge on any atom is 0.220 e. The van der Waals surface area contributed by atoms with Crippen molar-refractivity contribution in [2.24, 2.45) is 0 Å². The Labute approximate surface area is 213 Å². The SMILES string of the molecule is CCCCCCCCCCCCCCCCCCCCCCCC(=O)NCCc1ccccc1. The van der Waals surface area contributed by atoms with Gasteiger partial charge in [0.2, 0.25) is 5.91 Å². The summed E-state index contributed by atoms with van der Waals surface area (Å²) in [4.78, 5) is 11.9. The first kappa shape index (κ1) is 30.7. The predicted octanol–water partition coefficient (Wildman–Crippen LogP) is 9.95. The first-order valence-corrected chi connectivity index (χ1v) is 15.1. The lowest BCUT2D eigenvalue weighted by molar-refractivity contribution is -0.121. The van der Waals surface area contributed by atoms with Crippen LogP contribution < -0.4 is 5.32 Å². The Kier molecular flexibility index (Phi) is 22.4. The minimum atomic E-state index is 0.216. The number of nitrogens with one attached hydrogen (secondary N) is 1. The van der Waals surface area contributed by atoms with Gasteiger partial charge < -0.3 is 5.32 Å².